The summed E-state index contributed by atoms with van der Waals surface area (Å²) >= 11 is 0. The molecule has 0 amide bonds. The zero-order valence-corrected chi connectivity index (χ0v) is 10.3. The summed E-state index contributed by atoms with van der Waals surface area (Å²) in [5.41, 5.74) is 0.531. The third-order valence-corrected chi connectivity index (χ3v) is 3.35. The Balaban J connectivity index is 1.99. The van der Waals surface area contributed by atoms with Crippen LogP contribution in [-0.2, 0) is 4.74 Å². The fourth-order valence-electron chi connectivity index (χ4n) is 1.92. The van der Waals surface area contributed by atoms with Crippen molar-refractivity contribution in [2.24, 2.45) is 5.41 Å². The minimum Gasteiger partial charge on any atom is -0.381 e. The lowest BCUT2D eigenvalue weighted by atomic mass is 9.82. The van der Waals surface area contributed by atoms with Gasteiger partial charge in [0.15, 0.2) is 11.6 Å². The van der Waals surface area contributed by atoms with E-state index in [9.17, 15) is 4.39 Å². The maximum Gasteiger partial charge on any atom is 0.186 e. The lowest BCUT2D eigenvalue weighted by Gasteiger charge is -2.33. The van der Waals surface area contributed by atoms with E-state index in [-0.39, 0.29) is 11.2 Å². The van der Waals surface area contributed by atoms with Crippen molar-refractivity contribution in [2.45, 2.75) is 26.7 Å². The van der Waals surface area contributed by atoms with E-state index in [0.717, 1.165) is 26.1 Å². The van der Waals surface area contributed by atoms with Crippen LogP contribution < -0.4 is 5.32 Å². The average Bonchev–Trinajstić information content (AvgIpc) is 2.32. The van der Waals surface area contributed by atoms with Gasteiger partial charge in [-0.15, -0.1) is 0 Å². The highest BCUT2D eigenvalue weighted by Crippen LogP contribution is 2.30. The molecule has 1 aromatic heterocycles. The van der Waals surface area contributed by atoms with Gasteiger partial charge in [-0.05, 0) is 25.2 Å². The summed E-state index contributed by atoms with van der Waals surface area (Å²) in [6.45, 7) is 6.10. The van der Waals surface area contributed by atoms with Gasteiger partial charge >= 0.3 is 0 Å². The molecule has 1 N–H and O–H groups in total. The standard InChI is InChI=1S/C12H18FN3O/c1-9-10(13)11(16-8-15-9)14-7-12(2)3-5-17-6-4-12/h8H,3-7H2,1-2H3,(H,14,15,16). The van der Waals surface area contributed by atoms with Crippen LogP contribution in [0.25, 0.3) is 0 Å². The van der Waals surface area contributed by atoms with Crippen molar-refractivity contribution >= 4 is 5.82 Å². The molecular formula is C12H18FN3O. The summed E-state index contributed by atoms with van der Waals surface area (Å²) in [6, 6.07) is 0. The lowest BCUT2D eigenvalue weighted by Crippen LogP contribution is -2.33. The molecule has 5 heteroatoms. The molecule has 0 spiro atoms. The number of nitrogens with zero attached hydrogens (tertiary/aromatic N) is 2. The normalized spacial score (nSPS) is 19.0. The minimum absolute atomic E-state index is 0.156. The molecule has 17 heavy (non-hydrogen) atoms. The van der Waals surface area contributed by atoms with Crippen molar-refractivity contribution in [3.63, 3.8) is 0 Å². The molecule has 0 aliphatic carbocycles. The summed E-state index contributed by atoms with van der Waals surface area (Å²) in [4.78, 5) is 7.73. The molecule has 0 atom stereocenters. The first-order valence-electron chi connectivity index (χ1n) is 5.89. The maximum absolute atomic E-state index is 13.7. The molecule has 1 aromatic rings. The van der Waals surface area contributed by atoms with Crippen LogP contribution in [0.15, 0.2) is 6.33 Å². The third kappa shape index (κ3) is 2.91. The van der Waals surface area contributed by atoms with E-state index in [4.69, 9.17) is 4.74 Å². The molecule has 0 bridgehead atoms. The Hall–Kier alpha value is -1.23. The van der Waals surface area contributed by atoms with E-state index in [1.807, 2.05) is 0 Å². The number of ether oxygens (including phenoxy) is 1. The predicted octanol–water partition coefficient (Wildman–Crippen LogP) is 2.15. The molecule has 2 heterocycles. The number of rotatable bonds is 3. The summed E-state index contributed by atoms with van der Waals surface area (Å²) in [5, 5.41) is 3.08. The first kappa shape index (κ1) is 12.2. The Morgan fingerprint density at radius 3 is 2.82 bits per heavy atom. The monoisotopic (exact) mass is 239 g/mol. The molecule has 2 rings (SSSR count). The van der Waals surface area contributed by atoms with Crippen molar-refractivity contribution in [1.82, 2.24) is 9.97 Å². The molecule has 94 valence electrons. The molecular weight excluding hydrogens is 221 g/mol. The van der Waals surface area contributed by atoms with Crippen LogP contribution in [0, 0.1) is 18.2 Å². The molecule has 0 radical (unpaired) electrons. The van der Waals surface area contributed by atoms with Crippen molar-refractivity contribution in [2.75, 3.05) is 25.1 Å². The Labute approximate surface area is 101 Å². The predicted molar refractivity (Wildman–Crippen MR) is 63.4 cm³/mol. The second-order valence-corrected chi connectivity index (χ2v) is 4.90. The fourth-order valence-corrected chi connectivity index (χ4v) is 1.92. The van der Waals surface area contributed by atoms with E-state index in [1.165, 1.54) is 6.33 Å². The number of aryl methyl sites for hydroxylation is 1. The van der Waals surface area contributed by atoms with Gasteiger partial charge < -0.3 is 10.1 Å². The number of aromatic nitrogens is 2. The molecule has 1 aliphatic rings. The second-order valence-electron chi connectivity index (χ2n) is 4.90. The van der Waals surface area contributed by atoms with Gasteiger partial charge in [-0.3, -0.25) is 0 Å². The first-order chi connectivity index (χ1) is 8.11. The quantitative estimate of drug-likeness (QED) is 0.878. The van der Waals surface area contributed by atoms with Crippen LogP contribution in [-0.4, -0.2) is 29.7 Å². The van der Waals surface area contributed by atoms with E-state index in [1.54, 1.807) is 6.92 Å². The topological polar surface area (TPSA) is 47.0 Å². The molecule has 4 nitrogen and oxygen atoms in total. The molecule has 0 unspecified atom stereocenters. The van der Waals surface area contributed by atoms with Crippen molar-refractivity contribution in [3.8, 4) is 0 Å². The van der Waals surface area contributed by atoms with Gasteiger partial charge in [-0.1, -0.05) is 6.92 Å². The minimum atomic E-state index is -0.358. The Bertz CT molecular complexity index is 391. The number of halogens is 1. The van der Waals surface area contributed by atoms with E-state index >= 15 is 0 Å². The summed E-state index contributed by atoms with van der Waals surface area (Å²) < 4.78 is 19.0. The van der Waals surface area contributed by atoms with E-state index in [0.29, 0.717) is 18.1 Å². The first-order valence-corrected chi connectivity index (χ1v) is 5.89. The highest BCUT2D eigenvalue weighted by Gasteiger charge is 2.27. The van der Waals surface area contributed by atoms with E-state index in [2.05, 4.69) is 22.2 Å². The van der Waals surface area contributed by atoms with E-state index < -0.39 is 0 Å². The summed E-state index contributed by atoms with van der Waals surface area (Å²) in [6.07, 6.45) is 3.37. The van der Waals surface area contributed by atoms with Gasteiger partial charge in [0.1, 0.15) is 6.33 Å². The highest BCUT2D eigenvalue weighted by molar-refractivity contribution is 5.37. The van der Waals surface area contributed by atoms with Gasteiger partial charge in [0.25, 0.3) is 0 Å². The van der Waals surface area contributed by atoms with Gasteiger partial charge in [0.05, 0.1) is 5.69 Å². The van der Waals surface area contributed by atoms with Gasteiger partial charge in [-0.25, -0.2) is 14.4 Å². The maximum atomic E-state index is 13.7. The molecule has 1 aliphatic heterocycles. The summed E-state index contributed by atoms with van der Waals surface area (Å²) in [5.74, 6) is -0.0617. The van der Waals surface area contributed by atoms with Gasteiger partial charge in [0.2, 0.25) is 0 Å². The zero-order valence-electron chi connectivity index (χ0n) is 10.3. The smallest absolute Gasteiger partial charge is 0.186 e. The Kier molecular flexibility index (Phi) is 3.57. The molecule has 1 fully saturated rings. The largest absolute Gasteiger partial charge is 0.381 e. The van der Waals surface area contributed by atoms with Crippen LogP contribution >= 0.6 is 0 Å². The molecule has 0 aromatic carbocycles. The number of anilines is 1. The van der Waals surface area contributed by atoms with Crippen molar-refractivity contribution in [3.05, 3.63) is 17.8 Å². The SMILES string of the molecule is Cc1ncnc(NCC2(C)CCOCC2)c1F. The summed E-state index contributed by atoms with van der Waals surface area (Å²) in [7, 11) is 0. The average molecular weight is 239 g/mol. The highest BCUT2D eigenvalue weighted by atomic mass is 19.1. The van der Waals surface area contributed by atoms with Gasteiger partial charge in [-0.2, -0.15) is 0 Å². The van der Waals surface area contributed by atoms with Crippen LogP contribution in [0.2, 0.25) is 0 Å². The fraction of sp³-hybridized carbons (Fsp3) is 0.667. The van der Waals surface area contributed by atoms with Crippen LogP contribution in [0.1, 0.15) is 25.5 Å². The van der Waals surface area contributed by atoms with Gasteiger partial charge in [0, 0.05) is 19.8 Å². The lowest BCUT2D eigenvalue weighted by molar-refractivity contribution is 0.0299. The zero-order chi connectivity index (χ0) is 12.3. The Morgan fingerprint density at radius 1 is 1.41 bits per heavy atom. The molecule has 1 saturated heterocycles. The van der Waals surface area contributed by atoms with Crippen molar-refractivity contribution in [1.29, 1.82) is 0 Å². The van der Waals surface area contributed by atoms with Crippen molar-refractivity contribution < 1.29 is 9.13 Å². The van der Waals surface area contributed by atoms with Crippen LogP contribution in [0.4, 0.5) is 10.2 Å². The third-order valence-electron chi connectivity index (χ3n) is 3.35. The number of nitrogens with one attached hydrogen (secondary N) is 1. The second kappa shape index (κ2) is 4.96. The molecule has 0 saturated carbocycles. The Morgan fingerprint density at radius 2 is 2.12 bits per heavy atom. The number of hydrogen-bond acceptors (Lipinski definition) is 4. The van der Waals surface area contributed by atoms with Crippen LogP contribution in [0.5, 0.6) is 0 Å². The number of hydrogen-bond donors (Lipinski definition) is 1. The van der Waals surface area contributed by atoms with Crippen LogP contribution in [0.3, 0.4) is 0 Å².